The number of anilines is 3. The topological polar surface area (TPSA) is 60.2 Å². The SMILES string of the molecule is C=C(F)/C=C\C(=C/C)Cc1nc(Nc2ccc(OCCCCCCCC)c(C(F)(F)F)c2)sc1N. The molecule has 0 unspecified atom stereocenters. The second-order valence-electron chi connectivity index (χ2n) is 8.10. The number of alkyl halides is 3. The number of ether oxygens (including phenoxy) is 1. The highest BCUT2D eigenvalue weighted by Crippen LogP contribution is 2.39. The molecule has 1 aromatic carbocycles. The lowest BCUT2D eigenvalue weighted by Gasteiger charge is -2.15. The monoisotopic (exact) mass is 511 g/mol. The Hall–Kier alpha value is -2.81. The number of hydrogen-bond acceptors (Lipinski definition) is 5. The van der Waals surface area contributed by atoms with Gasteiger partial charge in [-0.15, -0.1) is 0 Å². The van der Waals surface area contributed by atoms with Crippen LogP contribution in [0.4, 0.5) is 33.4 Å². The van der Waals surface area contributed by atoms with Crippen molar-refractivity contribution in [3.63, 3.8) is 0 Å². The maximum atomic E-state index is 13.7. The van der Waals surface area contributed by atoms with E-state index in [1.54, 1.807) is 19.1 Å². The van der Waals surface area contributed by atoms with Gasteiger partial charge in [0.15, 0.2) is 5.13 Å². The molecule has 0 aliphatic heterocycles. The first kappa shape index (κ1) is 28.4. The Bertz CT molecular complexity index is 1030. The summed E-state index contributed by atoms with van der Waals surface area (Å²) in [6, 6.07) is 3.86. The Balaban J connectivity index is 2.08. The van der Waals surface area contributed by atoms with Gasteiger partial charge in [-0.05, 0) is 43.2 Å². The number of benzene rings is 1. The Kier molecular flexibility index (Phi) is 11.3. The zero-order valence-electron chi connectivity index (χ0n) is 20.2. The summed E-state index contributed by atoms with van der Waals surface area (Å²) in [5.41, 5.74) is 6.77. The van der Waals surface area contributed by atoms with Crippen molar-refractivity contribution in [2.45, 2.75) is 65.0 Å². The minimum Gasteiger partial charge on any atom is -0.493 e. The van der Waals surface area contributed by atoms with Crippen molar-refractivity contribution in [1.29, 1.82) is 0 Å². The standard InChI is InChI=1S/C26H33F4N3OS/c1-4-6-7-8-9-10-15-34-23-14-13-20(17-21(23)26(28,29)30)32-25-33-22(24(31)35-25)16-19(5-2)12-11-18(3)27/h5,11-14,17H,3-4,6-10,15-16,31H2,1-2H3,(H,32,33)/b12-11-,19-5+. The lowest BCUT2D eigenvalue weighted by Crippen LogP contribution is -2.10. The van der Waals surface area contributed by atoms with Crippen LogP contribution in [0.25, 0.3) is 0 Å². The number of rotatable bonds is 14. The van der Waals surface area contributed by atoms with Gasteiger partial charge in [-0.25, -0.2) is 9.37 Å². The summed E-state index contributed by atoms with van der Waals surface area (Å²) < 4.78 is 59.4. The molecule has 192 valence electrons. The van der Waals surface area contributed by atoms with Crippen LogP contribution in [-0.2, 0) is 12.6 Å². The summed E-state index contributed by atoms with van der Waals surface area (Å²) in [6.45, 7) is 7.36. The molecule has 0 fully saturated rings. The summed E-state index contributed by atoms with van der Waals surface area (Å²) >= 11 is 1.13. The van der Waals surface area contributed by atoms with E-state index < -0.39 is 17.6 Å². The molecule has 0 saturated carbocycles. The number of nitrogens with two attached hydrogens (primary N) is 1. The van der Waals surface area contributed by atoms with Gasteiger partial charge < -0.3 is 15.8 Å². The highest BCUT2D eigenvalue weighted by atomic mass is 32.1. The van der Waals surface area contributed by atoms with Gasteiger partial charge >= 0.3 is 6.18 Å². The number of hydrogen-bond donors (Lipinski definition) is 2. The van der Waals surface area contributed by atoms with E-state index in [4.69, 9.17) is 10.5 Å². The van der Waals surface area contributed by atoms with Gasteiger partial charge in [0.05, 0.1) is 17.9 Å². The molecule has 9 heteroatoms. The van der Waals surface area contributed by atoms with Crippen molar-refractivity contribution in [3.05, 3.63) is 65.7 Å². The number of unbranched alkanes of at least 4 members (excludes halogenated alkanes) is 5. The molecule has 3 N–H and O–H groups in total. The molecule has 1 heterocycles. The average Bonchev–Trinajstić information content (AvgIpc) is 3.14. The minimum absolute atomic E-state index is 0.185. The average molecular weight is 512 g/mol. The molecule has 35 heavy (non-hydrogen) atoms. The zero-order valence-corrected chi connectivity index (χ0v) is 21.0. The van der Waals surface area contributed by atoms with Gasteiger partial charge in [-0.3, -0.25) is 0 Å². The molecule has 4 nitrogen and oxygen atoms in total. The largest absolute Gasteiger partial charge is 0.493 e. The predicted molar refractivity (Wildman–Crippen MR) is 137 cm³/mol. The Morgan fingerprint density at radius 2 is 1.89 bits per heavy atom. The van der Waals surface area contributed by atoms with Crippen molar-refractivity contribution >= 4 is 27.2 Å². The molecule has 1 aromatic heterocycles. The quantitative estimate of drug-likeness (QED) is 0.151. The van der Waals surface area contributed by atoms with E-state index in [0.29, 0.717) is 28.7 Å². The highest BCUT2D eigenvalue weighted by Gasteiger charge is 2.34. The predicted octanol–water partition coefficient (Wildman–Crippen LogP) is 8.76. The zero-order chi connectivity index (χ0) is 25.8. The van der Waals surface area contributed by atoms with Gasteiger partial charge in [0, 0.05) is 12.1 Å². The lowest BCUT2D eigenvalue weighted by molar-refractivity contribution is -0.138. The van der Waals surface area contributed by atoms with E-state index in [0.717, 1.165) is 48.7 Å². The van der Waals surface area contributed by atoms with Crippen LogP contribution in [0.3, 0.4) is 0 Å². The molecule has 0 aliphatic carbocycles. The van der Waals surface area contributed by atoms with Crippen molar-refractivity contribution in [2.24, 2.45) is 0 Å². The van der Waals surface area contributed by atoms with Crippen LogP contribution in [0.2, 0.25) is 0 Å². The third kappa shape index (κ3) is 9.76. The molecular weight excluding hydrogens is 478 g/mol. The minimum atomic E-state index is -4.56. The maximum absolute atomic E-state index is 13.7. The van der Waals surface area contributed by atoms with Gasteiger partial charge in [0.1, 0.15) is 16.6 Å². The highest BCUT2D eigenvalue weighted by molar-refractivity contribution is 7.19. The molecule has 0 atom stereocenters. The molecule has 0 bridgehead atoms. The smallest absolute Gasteiger partial charge is 0.420 e. The third-order valence-corrected chi connectivity index (χ3v) is 6.08. The van der Waals surface area contributed by atoms with Crippen molar-refractivity contribution < 1.29 is 22.3 Å². The first-order valence-corrected chi connectivity index (χ1v) is 12.5. The number of nitrogens with one attached hydrogen (secondary N) is 1. The molecule has 0 saturated heterocycles. The Morgan fingerprint density at radius 1 is 1.17 bits per heavy atom. The van der Waals surface area contributed by atoms with E-state index in [-0.39, 0.29) is 18.0 Å². The van der Waals surface area contributed by atoms with Gasteiger partial charge in [-0.1, -0.05) is 69.1 Å². The van der Waals surface area contributed by atoms with Crippen LogP contribution < -0.4 is 15.8 Å². The van der Waals surface area contributed by atoms with Crippen LogP contribution in [0.15, 0.2) is 54.4 Å². The maximum Gasteiger partial charge on any atom is 0.420 e. The van der Waals surface area contributed by atoms with Crippen molar-refractivity contribution in [2.75, 3.05) is 17.7 Å². The fourth-order valence-corrected chi connectivity index (χ4v) is 4.10. The number of nitrogens with zero attached hydrogens (tertiary/aromatic N) is 1. The Labute approximate surface area is 208 Å². The first-order valence-electron chi connectivity index (χ1n) is 11.7. The molecule has 0 amide bonds. The normalized spacial score (nSPS) is 12.3. The fraction of sp³-hybridized carbons (Fsp3) is 0.423. The van der Waals surface area contributed by atoms with Crippen LogP contribution in [0.5, 0.6) is 5.75 Å². The number of thiazole rings is 1. The molecule has 0 spiro atoms. The molecule has 2 aromatic rings. The number of allylic oxidation sites excluding steroid dienone is 5. The number of nitrogen functional groups attached to an aromatic ring is 1. The summed E-state index contributed by atoms with van der Waals surface area (Å²) in [7, 11) is 0. The second kappa shape index (κ2) is 13.9. The van der Waals surface area contributed by atoms with Crippen LogP contribution in [-0.4, -0.2) is 11.6 Å². The van der Waals surface area contributed by atoms with Crippen LogP contribution in [0.1, 0.15) is 63.6 Å². The molecule has 2 rings (SSSR count). The van der Waals surface area contributed by atoms with E-state index in [1.807, 2.05) is 0 Å². The van der Waals surface area contributed by atoms with Crippen molar-refractivity contribution in [1.82, 2.24) is 4.98 Å². The molecular formula is C26H33F4N3OS. The molecule has 0 aliphatic rings. The lowest BCUT2D eigenvalue weighted by atomic mass is 10.1. The van der Waals surface area contributed by atoms with E-state index >= 15 is 0 Å². The number of aromatic nitrogens is 1. The van der Waals surface area contributed by atoms with Crippen LogP contribution >= 0.6 is 11.3 Å². The third-order valence-electron chi connectivity index (χ3n) is 5.24. The van der Waals surface area contributed by atoms with E-state index in [1.165, 1.54) is 24.6 Å². The molecule has 0 radical (unpaired) electrons. The fourth-order valence-electron chi connectivity index (χ4n) is 3.33. The van der Waals surface area contributed by atoms with Crippen LogP contribution in [0, 0.1) is 0 Å². The summed E-state index contributed by atoms with van der Waals surface area (Å²) in [6.07, 6.45) is 6.56. The van der Waals surface area contributed by atoms with E-state index in [2.05, 4.69) is 23.8 Å². The van der Waals surface area contributed by atoms with Gasteiger partial charge in [-0.2, -0.15) is 13.2 Å². The summed E-state index contributed by atoms with van der Waals surface area (Å²) in [4.78, 5) is 4.40. The van der Waals surface area contributed by atoms with Gasteiger partial charge in [0.2, 0.25) is 0 Å². The van der Waals surface area contributed by atoms with Crippen molar-refractivity contribution in [3.8, 4) is 5.75 Å². The summed E-state index contributed by atoms with van der Waals surface area (Å²) in [5.74, 6) is -0.757. The first-order chi connectivity index (χ1) is 16.6. The number of halogens is 4. The van der Waals surface area contributed by atoms with Gasteiger partial charge in [0.25, 0.3) is 0 Å². The Morgan fingerprint density at radius 3 is 2.54 bits per heavy atom. The summed E-state index contributed by atoms with van der Waals surface area (Å²) in [5, 5.41) is 3.69. The van der Waals surface area contributed by atoms with E-state index in [9.17, 15) is 17.6 Å². The second-order valence-corrected chi connectivity index (χ2v) is 9.13.